The molecule has 0 bridgehead atoms. The zero-order valence-electron chi connectivity index (χ0n) is 9.88. The van der Waals surface area contributed by atoms with Gasteiger partial charge in [0.05, 0.1) is 0 Å². The summed E-state index contributed by atoms with van der Waals surface area (Å²) in [6.07, 6.45) is 3.23. The molecule has 0 atom stereocenters. The van der Waals surface area contributed by atoms with Gasteiger partial charge in [0.15, 0.2) is 0 Å². The van der Waals surface area contributed by atoms with Crippen molar-refractivity contribution in [3.8, 4) is 0 Å². The lowest BCUT2D eigenvalue weighted by atomic mass is 9.76. The first-order valence-corrected chi connectivity index (χ1v) is 5.95. The Kier molecular flexibility index (Phi) is 4.28. The summed E-state index contributed by atoms with van der Waals surface area (Å²) in [7, 11) is 0. The van der Waals surface area contributed by atoms with Crippen LogP contribution in [0.25, 0.3) is 0 Å². The first-order valence-electron chi connectivity index (χ1n) is 5.95. The first-order chi connectivity index (χ1) is 7.34. The zero-order chi connectivity index (χ0) is 12.3. The van der Waals surface area contributed by atoms with Gasteiger partial charge in [0.25, 0.3) is 0 Å². The average Bonchev–Trinajstić information content (AvgIpc) is 2.17. The second kappa shape index (κ2) is 5.11. The molecule has 1 aliphatic rings. The Morgan fingerprint density at radius 1 is 1.31 bits per heavy atom. The van der Waals surface area contributed by atoms with E-state index in [4.69, 9.17) is 5.11 Å². The molecule has 0 aromatic rings. The lowest BCUT2D eigenvalue weighted by molar-refractivity contribution is -0.176. The Bertz CT molecular complexity index is 243. The SMILES string of the molecule is CC(C)CC1CCC(C(F)(F)C(=O)O)CC1. The van der Waals surface area contributed by atoms with Crippen LogP contribution in [0.15, 0.2) is 0 Å². The molecule has 1 N–H and O–H groups in total. The van der Waals surface area contributed by atoms with Gasteiger partial charge in [-0.1, -0.05) is 13.8 Å². The number of aliphatic carboxylic acids is 1. The van der Waals surface area contributed by atoms with E-state index in [0.29, 0.717) is 24.7 Å². The quantitative estimate of drug-likeness (QED) is 0.807. The summed E-state index contributed by atoms with van der Waals surface area (Å²) in [5.41, 5.74) is 0. The topological polar surface area (TPSA) is 37.3 Å². The molecule has 0 saturated heterocycles. The van der Waals surface area contributed by atoms with Crippen molar-refractivity contribution < 1.29 is 18.7 Å². The highest BCUT2D eigenvalue weighted by molar-refractivity contribution is 5.75. The summed E-state index contributed by atoms with van der Waals surface area (Å²) < 4.78 is 26.4. The standard InChI is InChI=1S/C12H20F2O2/c1-8(2)7-9-3-5-10(6-4-9)12(13,14)11(15)16/h8-10H,3-7H2,1-2H3,(H,15,16). The summed E-state index contributed by atoms with van der Waals surface area (Å²) in [5, 5.41) is 8.45. The molecule has 0 amide bonds. The molecule has 0 spiro atoms. The summed E-state index contributed by atoms with van der Waals surface area (Å²) in [4.78, 5) is 10.4. The summed E-state index contributed by atoms with van der Waals surface area (Å²) in [5.74, 6) is -5.39. The Balaban J connectivity index is 2.46. The number of rotatable bonds is 4. The first kappa shape index (κ1) is 13.4. The van der Waals surface area contributed by atoms with Crippen molar-refractivity contribution in [1.29, 1.82) is 0 Å². The summed E-state index contributed by atoms with van der Waals surface area (Å²) >= 11 is 0. The molecule has 0 aromatic heterocycles. The van der Waals surface area contributed by atoms with E-state index in [2.05, 4.69) is 13.8 Å². The fourth-order valence-electron chi connectivity index (χ4n) is 2.60. The predicted molar refractivity (Wildman–Crippen MR) is 57.5 cm³/mol. The Labute approximate surface area is 95.0 Å². The van der Waals surface area contributed by atoms with Crippen LogP contribution in [0.1, 0.15) is 46.0 Å². The van der Waals surface area contributed by atoms with Crippen molar-refractivity contribution in [3.63, 3.8) is 0 Å². The molecule has 0 unspecified atom stereocenters. The normalized spacial score (nSPS) is 27.1. The van der Waals surface area contributed by atoms with E-state index in [-0.39, 0.29) is 0 Å². The lowest BCUT2D eigenvalue weighted by Gasteiger charge is -2.32. The highest BCUT2D eigenvalue weighted by Crippen LogP contribution is 2.40. The number of hydrogen-bond acceptors (Lipinski definition) is 1. The van der Waals surface area contributed by atoms with E-state index in [1.807, 2.05) is 0 Å². The predicted octanol–water partition coefficient (Wildman–Crippen LogP) is 3.56. The number of carboxylic acids is 1. The van der Waals surface area contributed by atoms with Crippen LogP contribution >= 0.6 is 0 Å². The van der Waals surface area contributed by atoms with E-state index in [1.54, 1.807) is 0 Å². The largest absolute Gasteiger partial charge is 0.477 e. The van der Waals surface area contributed by atoms with Gasteiger partial charge in [-0.05, 0) is 43.9 Å². The van der Waals surface area contributed by atoms with Crippen molar-refractivity contribution >= 4 is 5.97 Å². The maximum Gasteiger partial charge on any atom is 0.374 e. The average molecular weight is 234 g/mol. The molecule has 2 nitrogen and oxygen atoms in total. The van der Waals surface area contributed by atoms with Crippen LogP contribution in [0.2, 0.25) is 0 Å². The lowest BCUT2D eigenvalue weighted by Crippen LogP contribution is -2.39. The fourth-order valence-corrected chi connectivity index (χ4v) is 2.60. The van der Waals surface area contributed by atoms with Crippen molar-refractivity contribution in [2.75, 3.05) is 0 Å². The molecule has 1 aliphatic carbocycles. The van der Waals surface area contributed by atoms with Gasteiger partial charge in [-0.15, -0.1) is 0 Å². The number of halogens is 2. The third-order valence-corrected chi connectivity index (χ3v) is 3.45. The van der Waals surface area contributed by atoms with Crippen LogP contribution in [0, 0.1) is 17.8 Å². The molecule has 4 heteroatoms. The van der Waals surface area contributed by atoms with Gasteiger partial charge in [0.2, 0.25) is 0 Å². The van der Waals surface area contributed by atoms with Crippen molar-refractivity contribution in [1.82, 2.24) is 0 Å². The van der Waals surface area contributed by atoms with Crippen LogP contribution in [-0.4, -0.2) is 17.0 Å². The van der Waals surface area contributed by atoms with Crippen LogP contribution in [-0.2, 0) is 4.79 Å². The third kappa shape index (κ3) is 3.16. The number of alkyl halides is 2. The Hall–Kier alpha value is -0.670. The Morgan fingerprint density at radius 2 is 1.81 bits per heavy atom. The van der Waals surface area contributed by atoms with Crippen molar-refractivity contribution in [3.05, 3.63) is 0 Å². The minimum atomic E-state index is -3.54. The second-order valence-corrected chi connectivity index (χ2v) is 5.28. The molecule has 16 heavy (non-hydrogen) atoms. The van der Waals surface area contributed by atoms with Gasteiger partial charge < -0.3 is 5.11 Å². The van der Waals surface area contributed by atoms with Gasteiger partial charge in [0.1, 0.15) is 0 Å². The van der Waals surface area contributed by atoms with E-state index in [0.717, 1.165) is 19.3 Å². The van der Waals surface area contributed by atoms with Crippen molar-refractivity contribution in [2.24, 2.45) is 17.8 Å². The molecule has 0 aliphatic heterocycles. The molecular weight excluding hydrogens is 214 g/mol. The highest BCUT2D eigenvalue weighted by Gasteiger charge is 2.48. The van der Waals surface area contributed by atoms with Gasteiger partial charge in [0, 0.05) is 5.92 Å². The minimum absolute atomic E-state index is 0.344. The van der Waals surface area contributed by atoms with Crippen LogP contribution in [0.3, 0.4) is 0 Å². The smallest absolute Gasteiger partial charge is 0.374 e. The molecular formula is C12H20F2O2. The fraction of sp³-hybridized carbons (Fsp3) is 0.917. The van der Waals surface area contributed by atoms with Crippen LogP contribution in [0.4, 0.5) is 8.78 Å². The van der Waals surface area contributed by atoms with E-state index in [9.17, 15) is 13.6 Å². The number of carboxylic acid groups (broad SMARTS) is 1. The van der Waals surface area contributed by atoms with Crippen LogP contribution < -0.4 is 0 Å². The van der Waals surface area contributed by atoms with E-state index < -0.39 is 17.8 Å². The van der Waals surface area contributed by atoms with Crippen LogP contribution in [0.5, 0.6) is 0 Å². The third-order valence-electron chi connectivity index (χ3n) is 3.45. The number of carbonyl (C=O) groups is 1. The molecule has 0 radical (unpaired) electrons. The van der Waals surface area contributed by atoms with Gasteiger partial charge in [-0.2, -0.15) is 8.78 Å². The maximum atomic E-state index is 13.2. The van der Waals surface area contributed by atoms with E-state index in [1.165, 1.54) is 0 Å². The monoisotopic (exact) mass is 234 g/mol. The summed E-state index contributed by atoms with van der Waals surface area (Å²) in [6.45, 7) is 4.25. The summed E-state index contributed by atoms with van der Waals surface area (Å²) in [6, 6.07) is 0. The molecule has 94 valence electrons. The second-order valence-electron chi connectivity index (χ2n) is 5.28. The molecule has 1 rings (SSSR count). The molecule has 1 saturated carbocycles. The van der Waals surface area contributed by atoms with Gasteiger partial charge in [-0.25, -0.2) is 4.79 Å². The highest BCUT2D eigenvalue weighted by atomic mass is 19.3. The Morgan fingerprint density at radius 3 is 2.19 bits per heavy atom. The van der Waals surface area contributed by atoms with Gasteiger partial charge >= 0.3 is 11.9 Å². The number of hydrogen-bond donors (Lipinski definition) is 1. The minimum Gasteiger partial charge on any atom is -0.477 e. The maximum absolute atomic E-state index is 13.2. The van der Waals surface area contributed by atoms with Gasteiger partial charge in [-0.3, -0.25) is 0 Å². The molecule has 1 fully saturated rings. The zero-order valence-corrected chi connectivity index (χ0v) is 9.88. The van der Waals surface area contributed by atoms with E-state index >= 15 is 0 Å². The molecule has 0 heterocycles. The molecule has 0 aromatic carbocycles. The van der Waals surface area contributed by atoms with Crippen molar-refractivity contribution in [2.45, 2.75) is 51.9 Å².